The molecule has 2 aliphatic heterocycles. The predicted molar refractivity (Wildman–Crippen MR) is 286 cm³/mol. The molecule has 2 fully saturated rings. The van der Waals surface area contributed by atoms with Crippen molar-refractivity contribution in [3.05, 3.63) is 76.3 Å². The van der Waals surface area contributed by atoms with Gasteiger partial charge in [-0.1, -0.05) is 71.0 Å². The number of aliphatic hydroxyl groups excluding tert-OH is 6. The molecule has 0 radical (unpaired) electrons. The smallest absolute Gasteiger partial charge is 0.200 e. The molecule has 9 N–H and O–H groups in total. The Morgan fingerprint density at radius 2 is 1.56 bits per heavy atom. The molecular weight excluding hydrogens is 967 g/mol. The summed E-state index contributed by atoms with van der Waals surface area (Å²) in [5, 5.41) is 92.6. The largest absolute Gasteiger partial charge is 0.504 e. The Kier molecular flexibility index (Phi) is 20.0. The molecule has 2 saturated carbocycles. The van der Waals surface area contributed by atoms with Gasteiger partial charge in [-0.25, -0.2) is 0 Å². The number of hydrogen-bond donors (Lipinski definition) is 9. The minimum absolute atomic E-state index is 0.0211. The van der Waals surface area contributed by atoms with Crippen LogP contribution in [-0.4, -0.2) is 124 Å². The van der Waals surface area contributed by atoms with Crippen molar-refractivity contribution in [2.45, 2.75) is 139 Å². The van der Waals surface area contributed by atoms with Crippen molar-refractivity contribution in [3.63, 3.8) is 0 Å². The molecule has 3 aliphatic carbocycles. The molecule has 3 aromatic rings. The maximum atomic E-state index is 12.0. The summed E-state index contributed by atoms with van der Waals surface area (Å²) in [4.78, 5) is 0. The van der Waals surface area contributed by atoms with Crippen LogP contribution in [0.5, 0.6) is 28.7 Å². The van der Waals surface area contributed by atoms with Crippen LogP contribution < -0.4 is 19.5 Å². The molecule has 15 heteroatoms. The first-order chi connectivity index (χ1) is 35.3. The maximum absolute atomic E-state index is 12.0. The van der Waals surface area contributed by atoms with Gasteiger partial charge in [0.05, 0.1) is 44.7 Å². The Morgan fingerprint density at radius 3 is 2.30 bits per heavy atom. The van der Waals surface area contributed by atoms with Gasteiger partial charge in [0.25, 0.3) is 0 Å². The predicted octanol–water partition coefficient (Wildman–Crippen LogP) is 7.53. The third-order valence-corrected chi connectivity index (χ3v) is 20.0. The molecule has 5 aliphatic rings. The van der Waals surface area contributed by atoms with Crippen molar-refractivity contribution in [1.29, 1.82) is 0 Å². The standard InChI is InChI=1S/C58H81NO12S2/c1-35-7-10-43-11-14-49(63)42(32-61)21-37-6-4-5-36(19-37)20-38-15-17-58(43,29-35)48-26-45(13-9-41(48)31-59-30-38)71-53-25-40-8-12-44(70-34-62)27-50(64)47(22-39-23-54(68-2)57(67)55(24-39)69-3)52(66)33-72-73-56(16-18-60)46(40)28-51(53)65/h4-6,19,23-25,28,35,38,41-45,47-50,52,56,59-67H,7-14,16,18,20-22,26-27,29-34H2,1-3H3/t35-,38-,41-,42-,43+,44+,45-,47+,48+,49-,50-,52+,56+,58-/m1/s1. The number of phenolic OH excluding ortho intramolecular Hbond substituents is 2. The van der Waals surface area contributed by atoms with Gasteiger partial charge in [-0.05, 0) is 172 Å². The van der Waals surface area contributed by atoms with Crippen molar-refractivity contribution in [3.8, 4) is 40.6 Å². The Morgan fingerprint density at radius 1 is 0.795 bits per heavy atom. The van der Waals surface area contributed by atoms with Gasteiger partial charge in [0.15, 0.2) is 23.0 Å². The Bertz CT molecular complexity index is 2300. The van der Waals surface area contributed by atoms with Crippen LogP contribution in [0, 0.1) is 58.7 Å². The van der Waals surface area contributed by atoms with Crippen LogP contribution in [0.25, 0.3) is 0 Å². The Labute approximate surface area is 440 Å². The SMILES string of the molecule is COc1cc(C[C@H]2[C@H](O)C[C@@H](OCO)CCc3cc(O[C@@H]4CC[C@@H]5CNC[C@@H]6C#C[C@]7(C[C@H](C)CC[C@H]7CC[C@@H](O)[C@@H](CO)Cc7cccc(c7)C6)[C@H]5C4)c(O)cc3[C@H](CCO)SSC[C@@H]2O)cc(OC)c1O. The van der Waals surface area contributed by atoms with Gasteiger partial charge in [0, 0.05) is 53.9 Å². The lowest BCUT2D eigenvalue weighted by molar-refractivity contribution is -0.0808. The molecule has 0 unspecified atom stereocenters. The quantitative estimate of drug-likeness (QED) is 0.0517. The van der Waals surface area contributed by atoms with Gasteiger partial charge in [-0.2, -0.15) is 0 Å². The van der Waals surface area contributed by atoms with Crippen LogP contribution in [0.4, 0.5) is 0 Å². The minimum Gasteiger partial charge on any atom is -0.504 e. The molecule has 2 heterocycles. The van der Waals surface area contributed by atoms with Crippen molar-refractivity contribution >= 4 is 21.6 Å². The van der Waals surface area contributed by atoms with Gasteiger partial charge >= 0.3 is 0 Å². The number of ether oxygens (including phenoxy) is 4. The molecule has 0 saturated heterocycles. The monoisotopic (exact) mass is 1050 g/mol. The lowest BCUT2D eigenvalue weighted by Crippen LogP contribution is -2.50. The summed E-state index contributed by atoms with van der Waals surface area (Å²) >= 11 is 0. The lowest BCUT2D eigenvalue weighted by Gasteiger charge is -2.53. The molecule has 14 atom stereocenters. The summed E-state index contributed by atoms with van der Waals surface area (Å²) in [6.07, 6.45) is 6.75. The van der Waals surface area contributed by atoms with Crippen LogP contribution in [0.15, 0.2) is 48.5 Å². The zero-order chi connectivity index (χ0) is 51.6. The average Bonchev–Trinajstić information content (AvgIpc) is 3.44. The summed E-state index contributed by atoms with van der Waals surface area (Å²) in [5.41, 5.74) is 4.51. The number of methoxy groups -OCH3 is 2. The summed E-state index contributed by atoms with van der Waals surface area (Å²) in [6.45, 7) is 3.33. The summed E-state index contributed by atoms with van der Waals surface area (Å²) in [7, 11) is 5.85. The van der Waals surface area contributed by atoms with Crippen LogP contribution in [0.3, 0.4) is 0 Å². The van der Waals surface area contributed by atoms with Crippen molar-refractivity contribution in [1.82, 2.24) is 5.32 Å². The van der Waals surface area contributed by atoms with Crippen LogP contribution in [0.2, 0.25) is 0 Å². The van der Waals surface area contributed by atoms with Crippen molar-refractivity contribution in [2.75, 3.05) is 53.1 Å². The molecular formula is C58H81NO12S2. The topological polar surface area (TPSA) is 211 Å². The number of fused-ring (bicyclic) bond motifs is 5. The van der Waals surface area contributed by atoms with E-state index in [2.05, 4.69) is 48.3 Å². The van der Waals surface area contributed by atoms with Crippen LogP contribution in [-0.2, 0) is 30.4 Å². The van der Waals surface area contributed by atoms with E-state index >= 15 is 0 Å². The lowest BCUT2D eigenvalue weighted by atomic mass is 9.51. The zero-order valence-electron chi connectivity index (χ0n) is 43.0. The summed E-state index contributed by atoms with van der Waals surface area (Å²) in [6, 6.07) is 15.7. The fourth-order valence-electron chi connectivity index (χ4n) is 13.2. The first kappa shape index (κ1) is 55.8. The Hall–Kier alpha value is -3.40. The van der Waals surface area contributed by atoms with Crippen LogP contribution in [0.1, 0.15) is 111 Å². The second kappa shape index (κ2) is 26.1. The third-order valence-electron chi connectivity index (χ3n) is 17.1. The van der Waals surface area contributed by atoms with E-state index in [1.807, 2.05) is 6.07 Å². The first-order valence-electron chi connectivity index (χ1n) is 26.9. The molecule has 0 aromatic heterocycles. The van der Waals surface area contributed by atoms with Gasteiger partial charge in [0.2, 0.25) is 5.75 Å². The third kappa shape index (κ3) is 13.6. The highest BCUT2D eigenvalue weighted by molar-refractivity contribution is 8.76. The van der Waals surface area contributed by atoms with E-state index in [9.17, 15) is 40.9 Å². The highest BCUT2D eigenvalue weighted by atomic mass is 33.1. The molecule has 4 bridgehead atoms. The summed E-state index contributed by atoms with van der Waals surface area (Å²) < 4.78 is 23.7. The first-order valence-corrected chi connectivity index (χ1v) is 29.3. The molecule has 8 rings (SSSR count). The minimum atomic E-state index is -1.04. The van der Waals surface area contributed by atoms with E-state index in [-0.39, 0.29) is 95.2 Å². The molecule has 402 valence electrons. The number of phenols is 2. The number of benzene rings is 3. The van der Waals surface area contributed by atoms with Gasteiger partial charge in [-0.15, -0.1) is 0 Å². The molecule has 1 spiro atoms. The average molecular weight is 1050 g/mol. The number of aryl methyl sites for hydroxylation is 1. The van der Waals surface area contributed by atoms with Crippen LogP contribution >= 0.6 is 21.6 Å². The second-order valence-electron chi connectivity index (χ2n) is 21.9. The van der Waals surface area contributed by atoms with Gasteiger partial charge < -0.3 is 65.1 Å². The maximum Gasteiger partial charge on any atom is 0.200 e. The fraction of sp³-hybridized carbons (Fsp3) is 0.655. The number of hydrogen-bond acceptors (Lipinski definition) is 15. The summed E-state index contributed by atoms with van der Waals surface area (Å²) in [5.74, 6) is 9.52. The van der Waals surface area contributed by atoms with Crippen molar-refractivity contribution in [2.24, 2.45) is 46.8 Å². The highest BCUT2D eigenvalue weighted by Gasteiger charge is 2.52. The molecule has 0 amide bonds. The number of aliphatic hydroxyl groups is 6. The second-order valence-corrected chi connectivity index (χ2v) is 24.5. The van der Waals surface area contributed by atoms with E-state index < -0.39 is 37.1 Å². The number of aromatic hydroxyl groups is 2. The Balaban J connectivity index is 1.08. The number of nitrogens with one attached hydrogen (secondary N) is 1. The van der Waals surface area contributed by atoms with Crippen molar-refractivity contribution < 1.29 is 59.8 Å². The van der Waals surface area contributed by atoms with E-state index in [1.54, 1.807) is 18.2 Å². The molecule has 13 nitrogen and oxygen atoms in total. The highest BCUT2D eigenvalue weighted by Crippen LogP contribution is 2.57. The van der Waals surface area contributed by atoms with Gasteiger partial charge in [0.1, 0.15) is 6.79 Å². The molecule has 3 aromatic carbocycles. The number of rotatable bonds is 11. The zero-order valence-corrected chi connectivity index (χ0v) is 44.6. The van der Waals surface area contributed by atoms with E-state index in [0.717, 1.165) is 81.1 Å². The van der Waals surface area contributed by atoms with E-state index in [0.29, 0.717) is 55.3 Å². The van der Waals surface area contributed by atoms with E-state index in [4.69, 9.17) is 18.9 Å². The fourth-order valence-corrected chi connectivity index (χ4v) is 16.1. The van der Waals surface area contributed by atoms with E-state index in [1.165, 1.54) is 41.4 Å². The normalized spacial score (nSPS) is 33.4. The molecule has 73 heavy (non-hydrogen) atoms. The van der Waals surface area contributed by atoms with Gasteiger partial charge in [-0.3, -0.25) is 0 Å².